The van der Waals surface area contributed by atoms with Crippen LogP contribution in [0.25, 0.3) is 82.4 Å². The van der Waals surface area contributed by atoms with Crippen molar-refractivity contribution >= 4 is 54.8 Å². The van der Waals surface area contributed by atoms with Gasteiger partial charge in [0, 0.05) is 32.9 Å². The van der Waals surface area contributed by atoms with E-state index in [4.69, 9.17) is 9.41 Å². The van der Waals surface area contributed by atoms with E-state index in [0.29, 0.717) is 0 Å². The van der Waals surface area contributed by atoms with Crippen LogP contribution >= 0.6 is 0 Å². The van der Waals surface area contributed by atoms with Crippen LogP contribution in [-0.2, 0) is 5.41 Å². The van der Waals surface area contributed by atoms with E-state index in [2.05, 4.69) is 228 Å². The standard InChI is InChI=1S/C62H45NO/c1-38-33-57(43-15-6-5-7-16-43)63-61(39(2)32-52(38)47-28-30-50-49-19-12-13-21-55(49)62(3,4)56(50)36-47)53-37-59-60(51-20-11-10-18-48(51)53)54-35-46(29-31-58(54)64-59)42-24-22-41(23-25-42)45-27-26-40-14-8-9-17-44(40)34-45/h5-31,33-37,57H,1-4H3/b38-33-,63-61?. The lowest BCUT2D eigenvalue weighted by molar-refractivity contribution is 0.660. The van der Waals surface area contributed by atoms with Crippen molar-refractivity contribution in [2.45, 2.75) is 39.2 Å². The minimum atomic E-state index is -0.210. The van der Waals surface area contributed by atoms with Gasteiger partial charge in [0.1, 0.15) is 11.2 Å². The minimum Gasteiger partial charge on any atom is -0.456 e. The lowest BCUT2D eigenvalue weighted by Crippen LogP contribution is -2.15. The molecule has 0 saturated heterocycles. The first-order valence-electron chi connectivity index (χ1n) is 22.3. The fourth-order valence-corrected chi connectivity index (χ4v) is 10.4. The average Bonchev–Trinajstić information content (AvgIpc) is 3.82. The van der Waals surface area contributed by atoms with Crippen LogP contribution in [0.5, 0.6) is 0 Å². The molecule has 9 aromatic carbocycles. The van der Waals surface area contributed by atoms with Gasteiger partial charge >= 0.3 is 0 Å². The molecule has 1 aromatic heterocycles. The van der Waals surface area contributed by atoms with Crippen LogP contribution in [0.2, 0.25) is 0 Å². The van der Waals surface area contributed by atoms with Crippen LogP contribution in [0.3, 0.4) is 0 Å². The van der Waals surface area contributed by atoms with E-state index in [-0.39, 0.29) is 11.5 Å². The van der Waals surface area contributed by atoms with Crippen molar-refractivity contribution in [2.24, 2.45) is 4.99 Å². The molecule has 0 amide bonds. The molecule has 1 unspecified atom stereocenters. The zero-order valence-electron chi connectivity index (χ0n) is 36.4. The first-order chi connectivity index (χ1) is 31.3. The highest BCUT2D eigenvalue weighted by atomic mass is 16.3. The van der Waals surface area contributed by atoms with Crippen molar-refractivity contribution in [2.75, 3.05) is 0 Å². The van der Waals surface area contributed by atoms with E-state index >= 15 is 0 Å². The maximum atomic E-state index is 6.79. The zero-order valence-corrected chi connectivity index (χ0v) is 36.4. The normalized spacial score (nSPS) is 16.4. The van der Waals surface area contributed by atoms with Gasteiger partial charge in [0.25, 0.3) is 0 Å². The highest BCUT2D eigenvalue weighted by Gasteiger charge is 2.35. The van der Waals surface area contributed by atoms with Gasteiger partial charge in [0.2, 0.25) is 0 Å². The SMILES string of the molecule is CC1=C=C(c2ccc3c(c2)C(C)(C)c2ccccc2-3)/C(C)=C\C(c2ccccc2)N=C1c1cc2oc3ccc(-c4ccc(-c5ccc6ccccc6c5)cc4)cc3c2c2ccccc12. The second-order valence-electron chi connectivity index (χ2n) is 18.0. The van der Waals surface area contributed by atoms with Gasteiger partial charge in [0.05, 0.1) is 11.8 Å². The van der Waals surface area contributed by atoms with E-state index in [1.54, 1.807) is 0 Å². The lowest BCUT2D eigenvalue weighted by Gasteiger charge is -2.23. The summed E-state index contributed by atoms with van der Waals surface area (Å²) in [6.45, 7) is 9.07. The Bertz CT molecular complexity index is 3680. The predicted octanol–water partition coefficient (Wildman–Crippen LogP) is 16.7. The fourth-order valence-electron chi connectivity index (χ4n) is 10.4. The summed E-state index contributed by atoms with van der Waals surface area (Å²) in [6, 6.07) is 68.0. The van der Waals surface area contributed by atoms with E-state index < -0.39 is 0 Å². The molecule has 0 fully saturated rings. The smallest absolute Gasteiger partial charge is 0.136 e. The Morgan fingerprint density at radius 2 is 1.12 bits per heavy atom. The number of fused-ring (bicyclic) bond motifs is 9. The summed E-state index contributed by atoms with van der Waals surface area (Å²) >= 11 is 0. The van der Waals surface area contributed by atoms with Gasteiger partial charge in [-0.25, -0.2) is 0 Å². The fraction of sp³-hybridized carbons (Fsp3) is 0.0968. The maximum absolute atomic E-state index is 6.79. The Morgan fingerprint density at radius 3 is 1.94 bits per heavy atom. The molecule has 1 atom stereocenters. The molecule has 64 heavy (non-hydrogen) atoms. The topological polar surface area (TPSA) is 25.5 Å². The number of nitrogens with zero attached hydrogens (tertiary/aromatic N) is 1. The van der Waals surface area contributed by atoms with Gasteiger partial charge in [-0.1, -0.05) is 178 Å². The second kappa shape index (κ2) is 14.7. The summed E-state index contributed by atoms with van der Waals surface area (Å²) in [4.78, 5) is 5.64. The van der Waals surface area contributed by atoms with Gasteiger partial charge in [-0.05, 0) is 127 Å². The third kappa shape index (κ3) is 6.14. The Balaban J connectivity index is 0.997. The second-order valence-corrected chi connectivity index (χ2v) is 18.0. The molecule has 0 spiro atoms. The van der Waals surface area contributed by atoms with Crippen LogP contribution in [0.4, 0.5) is 0 Å². The molecule has 2 nitrogen and oxygen atoms in total. The highest BCUT2D eigenvalue weighted by Crippen LogP contribution is 2.50. The molecule has 2 heteroatoms. The molecule has 1 aliphatic carbocycles. The maximum Gasteiger partial charge on any atom is 0.136 e. The van der Waals surface area contributed by atoms with Crippen molar-refractivity contribution < 1.29 is 4.42 Å². The molecule has 0 N–H and O–H groups in total. The number of furan rings is 1. The molecule has 2 aliphatic rings. The molecule has 10 aromatic rings. The Hall–Kier alpha value is -7.77. The first kappa shape index (κ1) is 37.9. The molecule has 304 valence electrons. The summed E-state index contributed by atoms with van der Waals surface area (Å²) in [7, 11) is 0. The predicted molar refractivity (Wildman–Crippen MR) is 269 cm³/mol. The van der Waals surface area contributed by atoms with Crippen molar-refractivity contribution in [3.8, 4) is 33.4 Å². The number of allylic oxidation sites excluding steroid dienone is 2. The Morgan fingerprint density at radius 1 is 0.484 bits per heavy atom. The van der Waals surface area contributed by atoms with Crippen molar-refractivity contribution in [3.63, 3.8) is 0 Å². The summed E-state index contributed by atoms with van der Waals surface area (Å²) in [5.41, 5.74) is 23.1. The molecule has 0 radical (unpaired) electrons. The molecule has 2 heterocycles. The van der Waals surface area contributed by atoms with Crippen LogP contribution in [0.15, 0.2) is 220 Å². The summed E-state index contributed by atoms with van der Waals surface area (Å²) in [5, 5.41) is 7.00. The largest absolute Gasteiger partial charge is 0.456 e. The van der Waals surface area contributed by atoms with Crippen molar-refractivity contribution in [3.05, 3.63) is 239 Å². The molecule has 12 rings (SSSR count). The summed E-state index contributed by atoms with van der Waals surface area (Å²) in [5.74, 6) is 0. The van der Waals surface area contributed by atoms with Crippen molar-refractivity contribution in [1.82, 2.24) is 0 Å². The molecule has 1 aliphatic heterocycles. The first-order valence-corrected chi connectivity index (χ1v) is 22.3. The summed E-state index contributed by atoms with van der Waals surface area (Å²) in [6.07, 6.45) is 2.31. The third-order valence-corrected chi connectivity index (χ3v) is 13.8. The van der Waals surface area contributed by atoms with Crippen molar-refractivity contribution in [1.29, 1.82) is 0 Å². The number of hydrogen-bond donors (Lipinski definition) is 0. The molecule has 0 saturated carbocycles. The zero-order chi connectivity index (χ0) is 43.1. The van der Waals surface area contributed by atoms with Gasteiger partial charge in [0.15, 0.2) is 0 Å². The van der Waals surface area contributed by atoms with E-state index in [1.165, 1.54) is 49.7 Å². The summed E-state index contributed by atoms with van der Waals surface area (Å²) < 4.78 is 6.79. The van der Waals surface area contributed by atoms with Crippen LogP contribution in [0, 0.1) is 0 Å². The highest BCUT2D eigenvalue weighted by molar-refractivity contribution is 6.27. The third-order valence-electron chi connectivity index (χ3n) is 13.8. The molecular formula is C62H45NO. The number of benzene rings is 9. The van der Waals surface area contributed by atoms with Gasteiger partial charge in [-0.15, -0.1) is 5.73 Å². The Kier molecular flexibility index (Phi) is 8.70. The Labute approximate surface area is 373 Å². The van der Waals surface area contributed by atoms with Gasteiger partial charge in [-0.2, -0.15) is 0 Å². The number of hydrogen-bond acceptors (Lipinski definition) is 2. The van der Waals surface area contributed by atoms with Gasteiger partial charge in [-0.3, -0.25) is 4.99 Å². The number of aliphatic imine (C=N–C) groups is 1. The van der Waals surface area contributed by atoms with E-state index in [0.717, 1.165) is 77.4 Å². The monoisotopic (exact) mass is 819 g/mol. The van der Waals surface area contributed by atoms with Crippen LogP contribution in [0.1, 0.15) is 61.6 Å². The average molecular weight is 820 g/mol. The van der Waals surface area contributed by atoms with E-state index in [1.807, 2.05) is 0 Å². The van der Waals surface area contributed by atoms with Crippen LogP contribution in [-0.4, -0.2) is 5.71 Å². The minimum absolute atomic E-state index is 0.107. The quantitative estimate of drug-likeness (QED) is 0.159. The van der Waals surface area contributed by atoms with Crippen LogP contribution < -0.4 is 0 Å². The lowest BCUT2D eigenvalue weighted by atomic mass is 9.81. The molecular weight excluding hydrogens is 775 g/mol. The molecule has 0 bridgehead atoms. The van der Waals surface area contributed by atoms with Gasteiger partial charge < -0.3 is 4.42 Å². The van der Waals surface area contributed by atoms with E-state index in [9.17, 15) is 0 Å². The number of rotatable bonds is 5.